The third-order valence-corrected chi connectivity index (χ3v) is 1.91. The molecule has 0 aliphatic heterocycles. The van der Waals surface area contributed by atoms with Gasteiger partial charge in [-0.15, -0.1) is 0 Å². The van der Waals surface area contributed by atoms with Crippen LogP contribution in [-0.4, -0.2) is 23.6 Å². The van der Waals surface area contributed by atoms with Crippen LogP contribution in [0.2, 0.25) is 0 Å². The summed E-state index contributed by atoms with van der Waals surface area (Å²) < 4.78 is 0. The predicted molar refractivity (Wildman–Crippen MR) is 58.0 cm³/mol. The molecule has 1 heterocycles. The molecule has 0 aliphatic carbocycles. The van der Waals surface area contributed by atoms with Gasteiger partial charge >= 0.3 is 0 Å². The molecule has 0 amide bonds. The fourth-order valence-corrected chi connectivity index (χ4v) is 1.32. The monoisotopic (exact) mass is 194 g/mol. The van der Waals surface area contributed by atoms with E-state index in [1.54, 1.807) is 12.4 Å². The number of rotatable bonds is 4. The number of hydrogen-bond donors (Lipinski definition) is 1. The Labute approximate surface area is 85.2 Å². The van der Waals surface area contributed by atoms with E-state index in [1.807, 2.05) is 7.05 Å². The maximum atomic E-state index is 5.50. The molecule has 0 radical (unpaired) electrons. The summed E-state index contributed by atoms with van der Waals surface area (Å²) in [6.07, 6.45) is 3.47. The van der Waals surface area contributed by atoms with Gasteiger partial charge in [0.25, 0.3) is 0 Å². The van der Waals surface area contributed by atoms with Crippen LogP contribution in [-0.2, 0) is 6.54 Å². The summed E-state index contributed by atoms with van der Waals surface area (Å²) >= 11 is 0. The summed E-state index contributed by atoms with van der Waals surface area (Å²) in [7, 11) is 2.02. The Balaban J connectivity index is 2.73. The van der Waals surface area contributed by atoms with E-state index in [9.17, 15) is 0 Å². The second kappa shape index (κ2) is 4.91. The normalized spacial score (nSPS) is 10.6. The number of nitrogens with two attached hydrogens (primary N) is 1. The maximum absolute atomic E-state index is 5.50. The van der Waals surface area contributed by atoms with Gasteiger partial charge in [0.05, 0.1) is 11.9 Å². The third-order valence-electron chi connectivity index (χ3n) is 1.91. The lowest BCUT2D eigenvalue weighted by Gasteiger charge is -2.20. The minimum absolute atomic E-state index is 0.441. The SMILES string of the molecule is CC(C)CN(C)c1cncc(CN)n1. The average molecular weight is 194 g/mol. The van der Waals surface area contributed by atoms with Crippen molar-refractivity contribution in [1.29, 1.82) is 0 Å². The topological polar surface area (TPSA) is 55.0 Å². The Morgan fingerprint density at radius 2 is 2.14 bits per heavy atom. The highest BCUT2D eigenvalue weighted by molar-refractivity contribution is 5.34. The van der Waals surface area contributed by atoms with Crippen LogP contribution in [0, 0.1) is 5.92 Å². The second-order valence-electron chi connectivity index (χ2n) is 3.85. The highest BCUT2D eigenvalue weighted by atomic mass is 15.2. The van der Waals surface area contributed by atoms with Crippen LogP contribution in [0.4, 0.5) is 5.82 Å². The first kappa shape index (κ1) is 10.9. The molecule has 0 bridgehead atoms. The molecule has 78 valence electrons. The number of aromatic nitrogens is 2. The van der Waals surface area contributed by atoms with E-state index >= 15 is 0 Å². The van der Waals surface area contributed by atoms with E-state index in [4.69, 9.17) is 5.73 Å². The molecule has 1 rings (SSSR count). The van der Waals surface area contributed by atoms with Gasteiger partial charge in [0.2, 0.25) is 0 Å². The van der Waals surface area contributed by atoms with Crippen molar-refractivity contribution < 1.29 is 0 Å². The van der Waals surface area contributed by atoms with Crippen molar-refractivity contribution >= 4 is 5.82 Å². The Morgan fingerprint density at radius 1 is 1.43 bits per heavy atom. The van der Waals surface area contributed by atoms with Crippen LogP contribution >= 0.6 is 0 Å². The first-order valence-electron chi connectivity index (χ1n) is 4.85. The summed E-state index contributed by atoms with van der Waals surface area (Å²) in [5.41, 5.74) is 6.33. The summed E-state index contributed by atoms with van der Waals surface area (Å²) in [4.78, 5) is 10.6. The predicted octanol–water partition coefficient (Wildman–Crippen LogP) is 1.03. The Bertz CT molecular complexity index is 285. The smallest absolute Gasteiger partial charge is 0.147 e. The minimum Gasteiger partial charge on any atom is -0.358 e. The van der Waals surface area contributed by atoms with E-state index < -0.39 is 0 Å². The molecule has 0 aliphatic rings. The summed E-state index contributed by atoms with van der Waals surface area (Å²) in [6, 6.07) is 0. The van der Waals surface area contributed by atoms with E-state index in [2.05, 4.69) is 28.7 Å². The lowest BCUT2D eigenvalue weighted by molar-refractivity contribution is 0.633. The van der Waals surface area contributed by atoms with Crippen LogP contribution in [0.25, 0.3) is 0 Å². The van der Waals surface area contributed by atoms with Crippen LogP contribution < -0.4 is 10.6 Å². The molecule has 4 heteroatoms. The van der Waals surface area contributed by atoms with Gasteiger partial charge in [-0.3, -0.25) is 4.98 Å². The molecular formula is C10H18N4. The number of hydrogen-bond acceptors (Lipinski definition) is 4. The maximum Gasteiger partial charge on any atom is 0.147 e. The zero-order valence-corrected chi connectivity index (χ0v) is 9.07. The molecule has 0 fully saturated rings. The highest BCUT2D eigenvalue weighted by Gasteiger charge is 2.05. The van der Waals surface area contributed by atoms with Gasteiger partial charge in [0, 0.05) is 26.3 Å². The molecule has 1 aromatic heterocycles. The fourth-order valence-electron chi connectivity index (χ4n) is 1.32. The van der Waals surface area contributed by atoms with Gasteiger partial charge in [0.1, 0.15) is 5.82 Å². The summed E-state index contributed by atoms with van der Waals surface area (Å²) in [5, 5.41) is 0. The first-order chi connectivity index (χ1) is 6.63. The largest absolute Gasteiger partial charge is 0.358 e. The molecule has 0 unspecified atom stereocenters. The van der Waals surface area contributed by atoms with Gasteiger partial charge < -0.3 is 10.6 Å². The zero-order valence-electron chi connectivity index (χ0n) is 9.07. The lowest BCUT2D eigenvalue weighted by Crippen LogP contribution is -2.24. The number of nitrogens with zero attached hydrogens (tertiary/aromatic N) is 3. The molecule has 2 N–H and O–H groups in total. The van der Waals surface area contributed by atoms with E-state index in [0.717, 1.165) is 18.1 Å². The average Bonchev–Trinajstić information content (AvgIpc) is 2.17. The van der Waals surface area contributed by atoms with Gasteiger partial charge in [-0.05, 0) is 5.92 Å². The van der Waals surface area contributed by atoms with Crippen molar-refractivity contribution in [2.24, 2.45) is 11.7 Å². The van der Waals surface area contributed by atoms with Crippen molar-refractivity contribution in [1.82, 2.24) is 9.97 Å². The highest BCUT2D eigenvalue weighted by Crippen LogP contribution is 2.09. The minimum atomic E-state index is 0.441. The van der Waals surface area contributed by atoms with E-state index in [-0.39, 0.29) is 0 Å². The second-order valence-corrected chi connectivity index (χ2v) is 3.85. The molecule has 0 aromatic carbocycles. The van der Waals surface area contributed by atoms with Crippen molar-refractivity contribution in [3.63, 3.8) is 0 Å². The lowest BCUT2D eigenvalue weighted by atomic mass is 10.2. The van der Waals surface area contributed by atoms with E-state index in [0.29, 0.717) is 12.5 Å². The van der Waals surface area contributed by atoms with Crippen LogP contribution in [0.15, 0.2) is 12.4 Å². The van der Waals surface area contributed by atoms with Crippen molar-refractivity contribution in [3.05, 3.63) is 18.1 Å². The zero-order chi connectivity index (χ0) is 10.6. The third kappa shape index (κ3) is 2.96. The van der Waals surface area contributed by atoms with Crippen molar-refractivity contribution in [2.45, 2.75) is 20.4 Å². The quantitative estimate of drug-likeness (QED) is 0.777. The van der Waals surface area contributed by atoms with Gasteiger partial charge in [-0.1, -0.05) is 13.8 Å². The first-order valence-corrected chi connectivity index (χ1v) is 4.85. The molecule has 14 heavy (non-hydrogen) atoms. The Hall–Kier alpha value is -1.16. The van der Waals surface area contributed by atoms with Crippen LogP contribution in [0.3, 0.4) is 0 Å². The summed E-state index contributed by atoms with van der Waals surface area (Å²) in [6.45, 7) is 5.77. The molecule has 0 spiro atoms. The van der Waals surface area contributed by atoms with E-state index in [1.165, 1.54) is 0 Å². The Kier molecular flexibility index (Phi) is 3.83. The van der Waals surface area contributed by atoms with Gasteiger partial charge in [-0.25, -0.2) is 4.98 Å². The molecule has 0 atom stereocenters. The molecule has 1 aromatic rings. The van der Waals surface area contributed by atoms with Crippen molar-refractivity contribution in [3.8, 4) is 0 Å². The van der Waals surface area contributed by atoms with Gasteiger partial charge in [-0.2, -0.15) is 0 Å². The molecular weight excluding hydrogens is 176 g/mol. The Morgan fingerprint density at radius 3 is 2.71 bits per heavy atom. The van der Waals surface area contributed by atoms with Crippen molar-refractivity contribution in [2.75, 3.05) is 18.5 Å². The van der Waals surface area contributed by atoms with Gasteiger partial charge in [0.15, 0.2) is 0 Å². The standard InChI is InChI=1S/C10H18N4/c1-8(2)7-14(3)10-6-12-5-9(4-11)13-10/h5-6,8H,4,7,11H2,1-3H3. The molecule has 0 saturated heterocycles. The number of anilines is 1. The fraction of sp³-hybridized carbons (Fsp3) is 0.600. The van der Waals surface area contributed by atoms with Crippen LogP contribution in [0.1, 0.15) is 19.5 Å². The molecule has 4 nitrogen and oxygen atoms in total. The van der Waals surface area contributed by atoms with Crippen LogP contribution in [0.5, 0.6) is 0 Å². The molecule has 0 saturated carbocycles. The summed E-state index contributed by atoms with van der Waals surface area (Å²) in [5.74, 6) is 1.50.